The van der Waals surface area contributed by atoms with E-state index in [4.69, 9.17) is 12.2 Å². The minimum absolute atomic E-state index is 0.395. The zero-order valence-corrected chi connectivity index (χ0v) is 6.90. The maximum Gasteiger partial charge on any atom is 0.0512 e. The fourth-order valence-electron chi connectivity index (χ4n) is 1.33. The summed E-state index contributed by atoms with van der Waals surface area (Å²) in [6.45, 7) is 0.835. The number of allylic oxidation sites excluding steroid dienone is 2. The van der Waals surface area contributed by atoms with Gasteiger partial charge < -0.3 is 5.32 Å². The minimum Gasteiger partial charge on any atom is -0.302 e. The highest BCUT2D eigenvalue weighted by Crippen LogP contribution is 2.14. The summed E-state index contributed by atoms with van der Waals surface area (Å²) in [5, 5.41) is 3.32. The zero-order valence-electron chi connectivity index (χ0n) is 6.08. The summed E-state index contributed by atoms with van der Waals surface area (Å²) in [6.07, 6.45) is 10.4. The molecule has 1 heterocycles. The molecule has 1 atom stereocenters. The molecular weight excluding hydrogens is 154 g/mol. The standard InChI is InChI=1S/C9H9NS/c11-8-5-7-3-1-2-4-9(7)10-6-8/h1-5,9-10H,6H2. The van der Waals surface area contributed by atoms with Crippen LogP contribution in [0, 0.1) is 0 Å². The van der Waals surface area contributed by atoms with Gasteiger partial charge in [0.15, 0.2) is 0 Å². The SMILES string of the molecule is S=C1C=C2C=CC=CC2NC1. The Morgan fingerprint density at radius 3 is 3.27 bits per heavy atom. The van der Waals surface area contributed by atoms with Crippen molar-refractivity contribution in [2.75, 3.05) is 6.54 Å². The second-order valence-corrected chi connectivity index (χ2v) is 3.24. The van der Waals surface area contributed by atoms with E-state index in [0.29, 0.717) is 6.04 Å². The van der Waals surface area contributed by atoms with Gasteiger partial charge in [-0.2, -0.15) is 0 Å². The first-order chi connectivity index (χ1) is 5.36. The molecule has 0 aromatic carbocycles. The number of hydrogen-bond acceptors (Lipinski definition) is 2. The smallest absolute Gasteiger partial charge is 0.0512 e. The van der Waals surface area contributed by atoms with Crippen LogP contribution in [0.4, 0.5) is 0 Å². The molecule has 11 heavy (non-hydrogen) atoms. The van der Waals surface area contributed by atoms with Gasteiger partial charge in [0.1, 0.15) is 0 Å². The van der Waals surface area contributed by atoms with E-state index >= 15 is 0 Å². The van der Waals surface area contributed by atoms with Crippen molar-refractivity contribution in [3.63, 3.8) is 0 Å². The first kappa shape index (κ1) is 6.95. The third kappa shape index (κ3) is 1.32. The quantitative estimate of drug-likeness (QED) is 0.541. The Morgan fingerprint density at radius 1 is 1.45 bits per heavy atom. The van der Waals surface area contributed by atoms with Gasteiger partial charge in [-0.1, -0.05) is 36.5 Å². The molecule has 1 nitrogen and oxygen atoms in total. The molecule has 0 fully saturated rings. The van der Waals surface area contributed by atoms with Gasteiger partial charge in [0, 0.05) is 11.4 Å². The Kier molecular flexibility index (Phi) is 1.72. The fraction of sp³-hybridized carbons (Fsp3) is 0.222. The van der Waals surface area contributed by atoms with E-state index < -0.39 is 0 Å². The van der Waals surface area contributed by atoms with Crippen molar-refractivity contribution in [2.45, 2.75) is 6.04 Å². The predicted octanol–water partition coefficient (Wildman–Crippen LogP) is 1.38. The summed E-state index contributed by atoms with van der Waals surface area (Å²) in [5.74, 6) is 0. The fourth-order valence-corrected chi connectivity index (χ4v) is 1.55. The number of thiocarbonyl (C=S) groups is 1. The van der Waals surface area contributed by atoms with Crippen molar-refractivity contribution in [1.82, 2.24) is 5.32 Å². The van der Waals surface area contributed by atoms with Crippen LogP contribution in [0.2, 0.25) is 0 Å². The molecule has 0 bridgehead atoms. The van der Waals surface area contributed by atoms with E-state index in [1.807, 2.05) is 6.08 Å². The lowest BCUT2D eigenvalue weighted by Gasteiger charge is -2.22. The van der Waals surface area contributed by atoms with Crippen molar-refractivity contribution >= 4 is 17.1 Å². The largest absolute Gasteiger partial charge is 0.302 e. The van der Waals surface area contributed by atoms with E-state index in [9.17, 15) is 0 Å². The maximum atomic E-state index is 5.08. The second-order valence-electron chi connectivity index (χ2n) is 2.71. The monoisotopic (exact) mass is 163 g/mol. The van der Waals surface area contributed by atoms with Gasteiger partial charge in [-0.3, -0.25) is 0 Å². The molecular formula is C9H9NS. The Bertz CT molecular complexity index is 273. The van der Waals surface area contributed by atoms with Gasteiger partial charge in [-0.25, -0.2) is 0 Å². The van der Waals surface area contributed by atoms with Crippen LogP contribution in [0.5, 0.6) is 0 Å². The molecule has 1 aliphatic carbocycles. The van der Waals surface area contributed by atoms with Gasteiger partial charge in [0.2, 0.25) is 0 Å². The average molecular weight is 163 g/mol. The molecule has 0 saturated carbocycles. The molecule has 1 unspecified atom stereocenters. The lowest BCUT2D eigenvalue weighted by Crippen LogP contribution is -2.37. The molecule has 0 saturated heterocycles. The Hall–Kier alpha value is -0.730. The van der Waals surface area contributed by atoms with Crippen molar-refractivity contribution in [3.05, 3.63) is 36.0 Å². The number of hydrogen-bond donors (Lipinski definition) is 1. The number of nitrogens with one attached hydrogen (secondary N) is 1. The highest BCUT2D eigenvalue weighted by Gasteiger charge is 2.15. The zero-order chi connectivity index (χ0) is 7.68. The molecule has 0 radical (unpaired) electrons. The summed E-state index contributed by atoms with van der Waals surface area (Å²) >= 11 is 5.08. The topological polar surface area (TPSA) is 12.0 Å². The van der Waals surface area contributed by atoms with Gasteiger partial charge in [-0.15, -0.1) is 0 Å². The first-order valence-electron chi connectivity index (χ1n) is 3.69. The van der Waals surface area contributed by atoms with Gasteiger partial charge in [-0.05, 0) is 11.6 Å². The first-order valence-corrected chi connectivity index (χ1v) is 4.10. The molecule has 2 aliphatic rings. The summed E-state index contributed by atoms with van der Waals surface area (Å²) in [4.78, 5) is 0.996. The Labute approximate surface area is 71.5 Å². The van der Waals surface area contributed by atoms with Crippen LogP contribution in [0.15, 0.2) is 36.0 Å². The molecule has 2 heteroatoms. The van der Waals surface area contributed by atoms with Crippen molar-refractivity contribution in [3.8, 4) is 0 Å². The molecule has 0 spiro atoms. The van der Waals surface area contributed by atoms with Crippen LogP contribution in [-0.2, 0) is 0 Å². The van der Waals surface area contributed by atoms with Crippen molar-refractivity contribution in [2.24, 2.45) is 0 Å². The van der Waals surface area contributed by atoms with E-state index in [1.165, 1.54) is 5.57 Å². The summed E-state index contributed by atoms with van der Waals surface area (Å²) in [6, 6.07) is 0.395. The van der Waals surface area contributed by atoms with E-state index in [1.54, 1.807) is 0 Å². The Balaban J connectivity index is 2.33. The predicted molar refractivity (Wildman–Crippen MR) is 50.8 cm³/mol. The third-order valence-corrected chi connectivity index (χ3v) is 2.15. The number of rotatable bonds is 0. The van der Waals surface area contributed by atoms with Crippen molar-refractivity contribution in [1.29, 1.82) is 0 Å². The summed E-state index contributed by atoms with van der Waals surface area (Å²) < 4.78 is 0. The molecule has 0 aromatic heterocycles. The normalized spacial score (nSPS) is 28.2. The van der Waals surface area contributed by atoms with Gasteiger partial charge in [0.25, 0.3) is 0 Å². The molecule has 2 rings (SSSR count). The molecule has 0 aromatic rings. The van der Waals surface area contributed by atoms with Crippen LogP contribution in [0.25, 0.3) is 0 Å². The van der Waals surface area contributed by atoms with E-state index in [-0.39, 0.29) is 0 Å². The van der Waals surface area contributed by atoms with Gasteiger partial charge >= 0.3 is 0 Å². The lowest BCUT2D eigenvalue weighted by molar-refractivity contribution is 0.720. The van der Waals surface area contributed by atoms with Crippen LogP contribution in [0.1, 0.15) is 0 Å². The lowest BCUT2D eigenvalue weighted by atomic mass is 9.98. The van der Waals surface area contributed by atoms with Crippen LogP contribution < -0.4 is 5.32 Å². The van der Waals surface area contributed by atoms with E-state index in [2.05, 4.69) is 29.6 Å². The minimum atomic E-state index is 0.395. The second kappa shape index (κ2) is 2.72. The maximum absolute atomic E-state index is 5.08. The van der Waals surface area contributed by atoms with Crippen LogP contribution in [0.3, 0.4) is 0 Å². The van der Waals surface area contributed by atoms with Crippen molar-refractivity contribution < 1.29 is 0 Å². The molecule has 1 N–H and O–H groups in total. The molecule has 0 amide bonds. The molecule has 1 aliphatic heterocycles. The van der Waals surface area contributed by atoms with Gasteiger partial charge in [0.05, 0.1) is 6.04 Å². The van der Waals surface area contributed by atoms with E-state index in [0.717, 1.165) is 11.4 Å². The highest BCUT2D eigenvalue weighted by molar-refractivity contribution is 7.80. The van der Waals surface area contributed by atoms with Crippen LogP contribution >= 0.6 is 12.2 Å². The summed E-state index contributed by atoms with van der Waals surface area (Å²) in [7, 11) is 0. The average Bonchev–Trinajstić information content (AvgIpc) is 2.04. The highest BCUT2D eigenvalue weighted by atomic mass is 32.1. The van der Waals surface area contributed by atoms with Crippen LogP contribution in [-0.4, -0.2) is 17.5 Å². The number of fused-ring (bicyclic) bond motifs is 1. The summed E-state index contributed by atoms with van der Waals surface area (Å²) in [5.41, 5.74) is 1.28. The Morgan fingerprint density at radius 2 is 2.36 bits per heavy atom. The third-order valence-electron chi connectivity index (χ3n) is 1.89. The molecule has 56 valence electrons.